The molecule has 0 aromatic rings. The lowest BCUT2D eigenvalue weighted by molar-refractivity contribution is -0.870. The first-order valence-corrected chi connectivity index (χ1v) is 28.9. The molecule has 0 saturated heterocycles. The lowest BCUT2D eigenvalue weighted by atomic mass is 10.0. The maximum atomic E-state index is 12.8. The highest BCUT2D eigenvalue weighted by Gasteiger charge is 2.22. The number of carbonyl (C=O) groups excluding carboxylic acids is 3. The van der Waals surface area contributed by atoms with Gasteiger partial charge in [0, 0.05) is 12.8 Å². The summed E-state index contributed by atoms with van der Waals surface area (Å²) in [6.07, 6.45) is 62.8. The number of quaternary nitrogens is 1. The van der Waals surface area contributed by atoms with Crippen LogP contribution in [0.25, 0.3) is 0 Å². The Morgan fingerprint density at radius 2 is 0.814 bits per heavy atom. The van der Waals surface area contributed by atoms with Crippen LogP contribution < -0.4 is 5.11 Å². The molecule has 406 valence electrons. The Bertz CT molecular complexity index is 1330. The number of likely N-dealkylation sites (N-methyl/N-ethyl adjacent to an activating group) is 1. The van der Waals surface area contributed by atoms with Gasteiger partial charge in [0.15, 0.2) is 12.4 Å². The van der Waals surface area contributed by atoms with Crippen LogP contribution in [0.1, 0.15) is 251 Å². The lowest BCUT2D eigenvalue weighted by Crippen LogP contribution is -2.44. The highest BCUT2D eigenvalue weighted by atomic mass is 16.7. The van der Waals surface area contributed by atoms with Crippen molar-refractivity contribution in [2.24, 2.45) is 0 Å². The molecular formula is C61H109NO8. The molecule has 2 unspecified atom stereocenters. The highest BCUT2D eigenvalue weighted by molar-refractivity contribution is 5.70. The molecule has 0 aliphatic carbocycles. The highest BCUT2D eigenvalue weighted by Crippen LogP contribution is 2.17. The number of esters is 2. The molecule has 2 atom stereocenters. The summed E-state index contributed by atoms with van der Waals surface area (Å²) < 4.78 is 22.7. The van der Waals surface area contributed by atoms with Crippen molar-refractivity contribution >= 4 is 17.9 Å². The largest absolute Gasteiger partial charge is 0.545 e. The van der Waals surface area contributed by atoms with Gasteiger partial charge in [-0.1, -0.05) is 242 Å². The molecular weight excluding hydrogens is 875 g/mol. The molecule has 70 heavy (non-hydrogen) atoms. The Morgan fingerprint density at radius 3 is 1.21 bits per heavy atom. The molecule has 0 aromatic heterocycles. The molecule has 9 heteroatoms. The minimum Gasteiger partial charge on any atom is -0.545 e. The number of hydrogen-bond acceptors (Lipinski definition) is 8. The standard InChI is InChI=1S/C61H109NO8/c1-6-8-10-12-14-16-18-20-22-24-26-27-28-29-30-31-32-34-35-37-39-41-43-45-47-49-51-58(63)68-55-57(56-69-61(60(65)66)67-54-53-62(3,4)5)70-59(64)52-50-48-46-44-42-40-38-36-33-25-23-21-19-17-15-13-11-9-7-2/h9,11,15,17,21,23,33,36,40,42,57,61H,6-8,10,12-14,16,18-20,22,24-32,34-35,37-39,41,43-56H2,1-5H3/b11-9-,17-15-,23-21-,36-33-,42-40-. The minimum atomic E-state index is -1.63. The van der Waals surface area contributed by atoms with Crippen LogP contribution in [-0.2, 0) is 33.3 Å². The van der Waals surface area contributed by atoms with E-state index in [1.165, 1.54) is 148 Å². The van der Waals surface area contributed by atoms with Crippen molar-refractivity contribution in [1.29, 1.82) is 0 Å². The SMILES string of the molecule is CC/C=C\C/C=C\C/C=C\C/C=C\C/C=C\CCCCCC(=O)OC(COC(=O)CCCCCCCCCCCCCCCCCCCCCCCCCCCC)COC(OCC[N+](C)(C)C)C(=O)[O-]. The fourth-order valence-corrected chi connectivity index (χ4v) is 8.09. The Hall–Kier alpha value is -3.01. The predicted octanol–water partition coefficient (Wildman–Crippen LogP) is 15.5. The molecule has 0 bridgehead atoms. The van der Waals surface area contributed by atoms with E-state index in [1.54, 1.807) is 0 Å². The van der Waals surface area contributed by atoms with Gasteiger partial charge in [0.1, 0.15) is 13.2 Å². The fraction of sp³-hybridized carbons (Fsp3) is 0.787. The van der Waals surface area contributed by atoms with E-state index in [9.17, 15) is 19.5 Å². The number of ether oxygens (including phenoxy) is 4. The summed E-state index contributed by atoms with van der Waals surface area (Å²) in [7, 11) is 5.91. The monoisotopic (exact) mass is 984 g/mol. The van der Waals surface area contributed by atoms with Crippen LogP contribution in [0, 0.1) is 0 Å². The van der Waals surface area contributed by atoms with E-state index in [1.807, 2.05) is 21.1 Å². The van der Waals surface area contributed by atoms with Crippen LogP contribution in [0.15, 0.2) is 60.8 Å². The van der Waals surface area contributed by atoms with E-state index in [0.29, 0.717) is 17.4 Å². The first-order chi connectivity index (χ1) is 34.1. The molecule has 0 rings (SSSR count). The Balaban J connectivity index is 4.24. The summed E-state index contributed by atoms with van der Waals surface area (Å²) in [5.74, 6) is -2.32. The summed E-state index contributed by atoms with van der Waals surface area (Å²) in [5, 5.41) is 11.8. The number of allylic oxidation sites excluding steroid dienone is 10. The van der Waals surface area contributed by atoms with E-state index in [0.717, 1.165) is 70.6 Å². The zero-order valence-electron chi connectivity index (χ0n) is 46.1. The number of unbranched alkanes of at least 4 members (excludes halogenated alkanes) is 28. The average molecular weight is 985 g/mol. The molecule has 0 aromatic carbocycles. The zero-order chi connectivity index (χ0) is 51.3. The van der Waals surface area contributed by atoms with Gasteiger partial charge >= 0.3 is 11.9 Å². The quantitative estimate of drug-likeness (QED) is 0.0195. The van der Waals surface area contributed by atoms with Gasteiger partial charge in [0.25, 0.3) is 0 Å². The van der Waals surface area contributed by atoms with Crippen LogP contribution in [0.3, 0.4) is 0 Å². The van der Waals surface area contributed by atoms with Gasteiger partial charge in [-0.05, 0) is 57.8 Å². The maximum absolute atomic E-state index is 12.8. The van der Waals surface area contributed by atoms with Gasteiger partial charge in [0.2, 0.25) is 0 Å². The van der Waals surface area contributed by atoms with E-state index in [2.05, 4.69) is 74.6 Å². The summed E-state index contributed by atoms with van der Waals surface area (Å²) in [5.41, 5.74) is 0. The van der Waals surface area contributed by atoms with Crippen molar-refractivity contribution in [2.75, 3.05) is 47.5 Å². The van der Waals surface area contributed by atoms with Gasteiger partial charge in [0.05, 0.1) is 40.3 Å². The number of carbonyl (C=O) groups is 3. The average Bonchev–Trinajstić information content (AvgIpc) is 3.33. The predicted molar refractivity (Wildman–Crippen MR) is 292 cm³/mol. The number of carboxylic acids is 1. The van der Waals surface area contributed by atoms with Crippen molar-refractivity contribution in [3.63, 3.8) is 0 Å². The first kappa shape index (κ1) is 67.0. The van der Waals surface area contributed by atoms with Crippen molar-refractivity contribution in [3.05, 3.63) is 60.8 Å². The van der Waals surface area contributed by atoms with Crippen molar-refractivity contribution < 1.29 is 42.9 Å². The third-order valence-corrected chi connectivity index (χ3v) is 12.5. The van der Waals surface area contributed by atoms with Gasteiger partial charge in [-0.25, -0.2) is 0 Å². The van der Waals surface area contributed by atoms with E-state index >= 15 is 0 Å². The third-order valence-electron chi connectivity index (χ3n) is 12.5. The van der Waals surface area contributed by atoms with Crippen LogP contribution in [0.4, 0.5) is 0 Å². The van der Waals surface area contributed by atoms with Crippen LogP contribution in [0.5, 0.6) is 0 Å². The number of hydrogen-bond donors (Lipinski definition) is 0. The number of nitrogens with zero attached hydrogens (tertiary/aromatic N) is 1. The molecule has 0 aliphatic rings. The molecule has 0 aliphatic heterocycles. The van der Waals surface area contributed by atoms with E-state index < -0.39 is 24.3 Å². The van der Waals surface area contributed by atoms with Gasteiger partial charge in [-0.3, -0.25) is 9.59 Å². The molecule has 0 N–H and O–H groups in total. The van der Waals surface area contributed by atoms with Crippen LogP contribution in [-0.4, -0.2) is 82.3 Å². The van der Waals surface area contributed by atoms with E-state index in [-0.39, 0.29) is 38.6 Å². The summed E-state index contributed by atoms with van der Waals surface area (Å²) in [6.45, 7) is 4.62. The first-order valence-electron chi connectivity index (χ1n) is 28.9. The number of aliphatic carboxylic acids is 1. The molecule has 0 fully saturated rings. The third kappa shape index (κ3) is 52.8. The molecule has 0 spiro atoms. The summed E-state index contributed by atoms with van der Waals surface area (Å²) in [4.78, 5) is 37.3. The maximum Gasteiger partial charge on any atom is 0.306 e. The molecule has 0 heterocycles. The molecule has 9 nitrogen and oxygen atoms in total. The summed E-state index contributed by atoms with van der Waals surface area (Å²) in [6, 6.07) is 0. The Morgan fingerprint density at radius 1 is 0.443 bits per heavy atom. The second kappa shape index (κ2) is 52.3. The minimum absolute atomic E-state index is 0.140. The number of carboxylic acid groups (broad SMARTS) is 1. The summed E-state index contributed by atoms with van der Waals surface area (Å²) >= 11 is 0. The van der Waals surface area contributed by atoms with Crippen molar-refractivity contribution in [2.45, 2.75) is 264 Å². The Labute approximate surface area is 431 Å². The smallest absolute Gasteiger partial charge is 0.306 e. The molecule has 0 radical (unpaired) electrons. The lowest BCUT2D eigenvalue weighted by Gasteiger charge is -2.26. The zero-order valence-corrected chi connectivity index (χ0v) is 46.1. The van der Waals surface area contributed by atoms with Gasteiger partial charge in [-0.15, -0.1) is 0 Å². The fourth-order valence-electron chi connectivity index (χ4n) is 8.09. The van der Waals surface area contributed by atoms with Crippen molar-refractivity contribution in [1.82, 2.24) is 0 Å². The van der Waals surface area contributed by atoms with Crippen LogP contribution >= 0.6 is 0 Å². The van der Waals surface area contributed by atoms with E-state index in [4.69, 9.17) is 18.9 Å². The van der Waals surface area contributed by atoms with Crippen LogP contribution in [0.2, 0.25) is 0 Å². The Kier molecular flexibility index (Phi) is 50.1. The van der Waals surface area contributed by atoms with Crippen molar-refractivity contribution in [3.8, 4) is 0 Å². The normalized spacial score (nSPS) is 13.2. The van der Waals surface area contributed by atoms with Gasteiger partial charge in [-0.2, -0.15) is 0 Å². The second-order valence-electron chi connectivity index (χ2n) is 20.6. The topological polar surface area (TPSA) is 111 Å². The van der Waals surface area contributed by atoms with Gasteiger partial charge < -0.3 is 33.3 Å². The number of rotatable bonds is 53. The molecule has 0 amide bonds. The molecule has 0 saturated carbocycles. The second-order valence-corrected chi connectivity index (χ2v) is 20.6.